The standard InChI is InChI=1S/C12H11N3O3/c1-8(18-2)9-3-5-10(6-4-9)12-13-7-11(14-12)15(16)17/h3-7H,1H2,2H3,(H,13,14). The number of aromatic nitrogens is 2. The molecule has 2 aromatic rings. The summed E-state index contributed by atoms with van der Waals surface area (Å²) < 4.78 is 5.01. The Morgan fingerprint density at radius 1 is 1.44 bits per heavy atom. The second kappa shape index (κ2) is 4.70. The van der Waals surface area contributed by atoms with E-state index in [0.717, 1.165) is 11.1 Å². The van der Waals surface area contributed by atoms with Crippen molar-refractivity contribution in [3.63, 3.8) is 0 Å². The molecule has 6 heteroatoms. The van der Waals surface area contributed by atoms with Crippen molar-refractivity contribution >= 4 is 11.6 Å². The summed E-state index contributed by atoms with van der Waals surface area (Å²) in [7, 11) is 1.55. The van der Waals surface area contributed by atoms with Gasteiger partial charge in [-0.3, -0.25) is 0 Å². The van der Waals surface area contributed by atoms with Gasteiger partial charge >= 0.3 is 5.82 Å². The molecule has 1 N–H and O–H groups in total. The number of aromatic amines is 1. The highest BCUT2D eigenvalue weighted by Crippen LogP contribution is 2.21. The van der Waals surface area contributed by atoms with E-state index in [1.165, 1.54) is 6.20 Å². The lowest BCUT2D eigenvalue weighted by molar-refractivity contribution is -0.389. The van der Waals surface area contributed by atoms with Gasteiger partial charge in [-0.05, 0) is 17.1 Å². The Morgan fingerprint density at radius 2 is 2.11 bits per heavy atom. The van der Waals surface area contributed by atoms with E-state index in [-0.39, 0.29) is 5.82 Å². The molecule has 0 unspecified atom stereocenters. The topological polar surface area (TPSA) is 81.1 Å². The Labute approximate surface area is 103 Å². The third-order valence-electron chi connectivity index (χ3n) is 2.49. The van der Waals surface area contributed by atoms with Gasteiger partial charge in [0.15, 0.2) is 0 Å². The van der Waals surface area contributed by atoms with Crippen LogP contribution in [0.2, 0.25) is 0 Å². The summed E-state index contributed by atoms with van der Waals surface area (Å²) in [6.45, 7) is 3.74. The van der Waals surface area contributed by atoms with Gasteiger partial charge in [0.2, 0.25) is 5.82 Å². The SMILES string of the molecule is C=C(OC)c1ccc(-c2ncc([N+](=O)[O-])[nH]2)cc1. The lowest BCUT2D eigenvalue weighted by Gasteiger charge is -2.03. The fourth-order valence-electron chi connectivity index (χ4n) is 1.48. The van der Waals surface area contributed by atoms with Gasteiger partial charge < -0.3 is 14.9 Å². The number of nitrogens with one attached hydrogen (secondary N) is 1. The van der Waals surface area contributed by atoms with Crippen LogP contribution < -0.4 is 0 Å². The Kier molecular flexibility index (Phi) is 3.09. The van der Waals surface area contributed by atoms with Crippen LogP contribution in [0.3, 0.4) is 0 Å². The third kappa shape index (κ3) is 2.22. The Morgan fingerprint density at radius 3 is 2.61 bits per heavy atom. The molecule has 0 atom stereocenters. The molecule has 1 heterocycles. The van der Waals surface area contributed by atoms with E-state index in [4.69, 9.17) is 4.74 Å². The molecule has 0 aliphatic rings. The van der Waals surface area contributed by atoms with Crippen LogP contribution in [0, 0.1) is 10.1 Å². The first-order chi connectivity index (χ1) is 8.61. The Bertz CT molecular complexity index is 587. The van der Waals surface area contributed by atoms with E-state index in [9.17, 15) is 10.1 Å². The average Bonchev–Trinajstić information content (AvgIpc) is 2.88. The summed E-state index contributed by atoms with van der Waals surface area (Å²) in [4.78, 5) is 16.6. The van der Waals surface area contributed by atoms with Crippen molar-refractivity contribution in [2.45, 2.75) is 0 Å². The average molecular weight is 245 g/mol. The summed E-state index contributed by atoms with van der Waals surface area (Å²) in [6, 6.07) is 7.22. The predicted octanol–water partition coefficient (Wildman–Crippen LogP) is 2.60. The normalized spacial score (nSPS) is 10.1. The molecule has 0 saturated carbocycles. The van der Waals surface area contributed by atoms with Crippen molar-refractivity contribution < 1.29 is 9.66 Å². The first-order valence-electron chi connectivity index (χ1n) is 5.15. The minimum atomic E-state index is -0.516. The summed E-state index contributed by atoms with van der Waals surface area (Å²) in [6.07, 6.45) is 1.19. The summed E-state index contributed by atoms with van der Waals surface area (Å²) >= 11 is 0. The maximum absolute atomic E-state index is 10.5. The number of hydrogen-bond donors (Lipinski definition) is 1. The molecule has 0 bridgehead atoms. The number of nitro groups is 1. The van der Waals surface area contributed by atoms with Crippen LogP contribution in [0.4, 0.5) is 5.82 Å². The third-order valence-corrected chi connectivity index (χ3v) is 2.49. The molecule has 6 nitrogen and oxygen atoms in total. The quantitative estimate of drug-likeness (QED) is 0.510. The van der Waals surface area contributed by atoms with Crippen molar-refractivity contribution in [1.29, 1.82) is 0 Å². The fourth-order valence-corrected chi connectivity index (χ4v) is 1.48. The zero-order chi connectivity index (χ0) is 13.1. The molecule has 0 aliphatic carbocycles. The molecule has 18 heavy (non-hydrogen) atoms. The minimum absolute atomic E-state index is 0.129. The number of rotatable bonds is 4. The largest absolute Gasteiger partial charge is 0.497 e. The maximum Gasteiger partial charge on any atom is 0.340 e. The first kappa shape index (κ1) is 11.8. The van der Waals surface area contributed by atoms with Gasteiger partial charge in [0.1, 0.15) is 12.0 Å². The Hall–Kier alpha value is -2.63. The maximum atomic E-state index is 10.5. The van der Waals surface area contributed by atoms with E-state index in [1.54, 1.807) is 19.2 Å². The van der Waals surface area contributed by atoms with Gasteiger partial charge in [0.25, 0.3) is 0 Å². The van der Waals surface area contributed by atoms with Gasteiger partial charge in [0.05, 0.1) is 7.11 Å². The van der Waals surface area contributed by atoms with Gasteiger partial charge in [0, 0.05) is 11.1 Å². The molecule has 0 amide bonds. The highest BCUT2D eigenvalue weighted by Gasteiger charge is 2.11. The molecule has 2 rings (SSSR count). The molecule has 1 aromatic heterocycles. The fraction of sp³-hybridized carbons (Fsp3) is 0.0833. The number of nitrogens with zero attached hydrogens (tertiary/aromatic N) is 2. The van der Waals surface area contributed by atoms with E-state index in [0.29, 0.717) is 11.6 Å². The van der Waals surface area contributed by atoms with Gasteiger partial charge in [-0.15, -0.1) is 0 Å². The number of ether oxygens (including phenoxy) is 1. The zero-order valence-corrected chi connectivity index (χ0v) is 9.71. The van der Waals surface area contributed by atoms with Crippen LogP contribution in [0.1, 0.15) is 5.56 Å². The summed E-state index contributed by atoms with van der Waals surface area (Å²) in [5.41, 5.74) is 1.61. The molecule has 92 valence electrons. The van der Waals surface area contributed by atoms with Crippen molar-refractivity contribution in [3.05, 3.63) is 52.7 Å². The van der Waals surface area contributed by atoms with Crippen molar-refractivity contribution in [1.82, 2.24) is 9.97 Å². The molecular weight excluding hydrogens is 234 g/mol. The summed E-state index contributed by atoms with van der Waals surface area (Å²) in [5, 5.41) is 10.5. The lowest BCUT2D eigenvalue weighted by atomic mass is 10.1. The Balaban J connectivity index is 2.28. The van der Waals surface area contributed by atoms with E-state index >= 15 is 0 Å². The van der Waals surface area contributed by atoms with Crippen molar-refractivity contribution in [2.75, 3.05) is 7.11 Å². The first-order valence-corrected chi connectivity index (χ1v) is 5.15. The van der Waals surface area contributed by atoms with Crippen LogP contribution in [-0.4, -0.2) is 22.0 Å². The second-order valence-electron chi connectivity index (χ2n) is 3.58. The van der Waals surface area contributed by atoms with Gasteiger partial charge in [-0.1, -0.05) is 18.7 Å². The molecule has 1 aromatic carbocycles. The smallest absolute Gasteiger partial charge is 0.340 e. The van der Waals surface area contributed by atoms with Crippen LogP contribution >= 0.6 is 0 Å². The number of benzene rings is 1. The van der Waals surface area contributed by atoms with Crippen LogP contribution in [-0.2, 0) is 4.74 Å². The molecule has 0 radical (unpaired) electrons. The van der Waals surface area contributed by atoms with Crippen LogP contribution in [0.15, 0.2) is 37.0 Å². The van der Waals surface area contributed by atoms with Crippen molar-refractivity contribution in [2.24, 2.45) is 0 Å². The van der Waals surface area contributed by atoms with Crippen molar-refractivity contribution in [3.8, 4) is 11.4 Å². The highest BCUT2D eigenvalue weighted by atomic mass is 16.6. The predicted molar refractivity (Wildman–Crippen MR) is 66.7 cm³/mol. The van der Waals surface area contributed by atoms with E-state index < -0.39 is 4.92 Å². The monoisotopic (exact) mass is 245 g/mol. The number of methoxy groups -OCH3 is 1. The number of hydrogen-bond acceptors (Lipinski definition) is 4. The van der Waals surface area contributed by atoms with Crippen LogP contribution in [0.5, 0.6) is 0 Å². The number of imidazole rings is 1. The van der Waals surface area contributed by atoms with E-state index in [1.807, 2.05) is 12.1 Å². The zero-order valence-electron chi connectivity index (χ0n) is 9.71. The van der Waals surface area contributed by atoms with Crippen LogP contribution in [0.25, 0.3) is 17.1 Å². The highest BCUT2D eigenvalue weighted by molar-refractivity contribution is 5.63. The number of H-pyrrole nitrogens is 1. The molecular formula is C12H11N3O3. The molecule has 0 aliphatic heterocycles. The molecule has 0 spiro atoms. The lowest BCUT2D eigenvalue weighted by Crippen LogP contribution is -1.88. The second-order valence-corrected chi connectivity index (χ2v) is 3.58. The molecule has 0 fully saturated rings. The summed E-state index contributed by atoms with van der Waals surface area (Å²) in [5.74, 6) is 0.888. The molecule has 0 saturated heterocycles. The van der Waals surface area contributed by atoms with E-state index in [2.05, 4.69) is 16.5 Å². The minimum Gasteiger partial charge on any atom is -0.497 e. The van der Waals surface area contributed by atoms with Gasteiger partial charge in [-0.2, -0.15) is 0 Å². The van der Waals surface area contributed by atoms with Gasteiger partial charge in [-0.25, -0.2) is 9.97 Å².